The fourth-order valence-electron chi connectivity index (χ4n) is 1.93. The van der Waals surface area contributed by atoms with Crippen LogP contribution in [0.15, 0.2) is 36.4 Å². The van der Waals surface area contributed by atoms with E-state index in [0.717, 1.165) is 11.1 Å². The molecule has 0 aliphatic carbocycles. The second-order valence-corrected chi connectivity index (χ2v) is 6.24. The van der Waals surface area contributed by atoms with Crippen LogP contribution in [0.2, 0.25) is 15.1 Å². The van der Waals surface area contributed by atoms with Gasteiger partial charge in [0.05, 0.1) is 0 Å². The van der Waals surface area contributed by atoms with E-state index >= 15 is 0 Å². The van der Waals surface area contributed by atoms with Gasteiger partial charge in [0.25, 0.3) is 0 Å². The van der Waals surface area contributed by atoms with Gasteiger partial charge >= 0.3 is 5.97 Å². The Bertz CT molecular complexity index is 716. The SMILES string of the molecule is COC(C)C(=O)Oc1cc(Cl)ccc1Cc1ccc(Cl)cc1Cl. The first-order valence-corrected chi connectivity index (χ1v) is 8.01. The molecule has 0 radical (unpaired) electrons. The number of esters is 1. The number of halogens is 3. The van der Waals surface area contributed by atoms with Crippen LogP contribution >= 0.6 is 34.8 Å². The molecule has 0 bridgehead atoms. The predicted molar refractivity (Wildman–Crippen MR) is 92.8 cm³/mol. The standard InChI is InChI=1S/C17H15Cl3O3/c1-10(22-2)17(21)23-16-9-14(19)6-4-12(16)7-11-3-5-13(18)8-15(11)20/h3-6,8-10H,7H2,1-2H3. The van der Waals surface area contributed by atoms with Gasteiger partial charge in [0, 0.05) is 28.6 Å². The lowest BCUT2D eigenvalue weighted by Gasteiger charge is -2.14. The van der Waals surface area contributed by atoms with Crippen LogP contribution in [0, 0.1) is 0 Å². The maximum absolute atomic E-state index is 11.9. The molecule has 0 amide bonds. The summed E-state index contributed by atoms with van der Waals surface area (Å²) < 4.78 is 10.4. The number of hydrogen-bond donors (Lipinski definition) is 0. The van der Waals surface area contributed by atoms with Crippen LogP contribution < -0.4 is 4.74 Å². The fourth-order valence-corrected chi connectivity index (χ4v) is 2.56. The van der Waals surface area contributed by atoms with E-state index in [-0.39, 0.29) is 0 Å². The number of rotatable bonds is 5. The van der Waals surface area contributed by atoms with Crippen LogP contribution in [-0.4, -0.2) is 19.2 Å². The third-order valence-corrected chi connectivity index (χ3v) is 4.14. The van der Waals surface area contributed by atoms with E-state index in [1.54, 1.807) is 37.3 Å². The zero-order chi connectivity index (χ0) is 17.0. The molecule has 0 aliphatic rings. The Morgan fingerprint density at radius 3 is 2.26 bits per heavy atom. The molecule has 2 aromatic carbocycles. The second kappa shape index (κ2) is 8.02. The summed E-state index contributed by atoms with van der Waals surface area (Å²) in [6, 6.07) is 10.4. The van der Waals surface area contributed by atoms with Crippen molar-refractivity contribution in [1.29, 1.82) is 0 Å². The third kappa shape index (κ3) is 4.85. The molecule has 0 saturated carbocycles. The van der Waals surface area contributed by atoms with Gasteiger partial charge in [-0.25, -0.2) is 4.79 Å². The van der Waals surface area contributed by atoms with E-state index in [4.69, 9.17) is 44.3 Å². The largest absolute Gasteiger partial charge is 0.424 e. The Morgan fingerprint density at radius 2 is 1.65 bits per heavy atom. The van der Waals surface area contributed by atoms with Crippen molar-refractivity contribution < 1.29 is 14.3 Å². The molecule has 1 unspecified atom stereocenters. The normalized spacial score (nSPS) is 12.0. The lowest BCUT2D eigenvalue weighted by molar-refractivity contribution is -0.144. The van der Waals surface area contributed by atoms with Crippen LogP contribution in [0.3, 0.4) is 0 Å². The van der Waals surface area contributed by atoms with Crippen LogP contribution in [0.1, 0.15) is 18.1 Å². The van der Waals surface area contributed by atoms with Crippen molar-refractivity contribution in [2.75, 3.05) is 7.11 Å². The minimum absolute atomic E-state index is 0.386. The number of carbonyl (C=O) groups is 1. The van der Waals surface area contributed by atoms with Gasteiger partial charge in [0.1, 0.15) is 5.75 Å². The number of ether oxygens (including phenoxy) is 2. The Hall–Kier alpha value is -1.26. The highest BCUT2D eigenvalue weighted by Gasteiger charge is 2.17. The zero-order valence-electron chi connectivity index (χ0n) is 12.6. The van der Waals surface area contributed by atoms with E-state index in [1.165, 1.54) is 7.11 Å². The third-order valence-electron chi connectivity index (χ3n) is 3.32. The lowest BCUT2D eigenvalue weighted by atomic mass is 10.0. The fraction of sp³-hybridized carbons (Fsp3) is 0.235. The van der Waals surface area contributed by atoms with Crippen LogP contribution in [0.4, 0.5) is 0 Å². The van der Waals surface area contributed by atoms with Gasteiger partial charge < -0.3 is 9.47 Å². The molecule has 0 saturated heterocycles. The first-order valence-electron chi connectivity index (χ1n) is 6.87. The second-order valence-electron chi connectivity index (χ2n) is 4.96. The Labute approximate surface area is 150 Å². The van der Waals surface area contributed by atoms with Gasteiger partial charge in [-0.1, -0.05) is 46.9 Å². The quantitative estimate of drug-likeness (QED) is 0.535. The molecule has 1 atom stereocenters. The summed E-state index contributed by atoms with van der Waals surface area (Å²) in [7, 11) is 1.44. The molecule has 0 aliphatic heterocycles. The molecular weight excluding hydrogens is 359 g/mol. The highest BCUT2D eigenvalue weighted by molar-refractivity contribution is 6.35. The average molecular weight is 374 g/mol. The van der Waals surface area contributed by atoms with Crippen molar-refractivity contribution in [2.45, 2.75) is 19.4 Å². The molecule has 0 N–H and O–H groups in total. The monoisotopic (exact) mass is 372 g/mol. The van der Waals surface area contributed by atoms with Gasteiger partial charge in [0.15, 0.2) is 6.10 Å². The topological polar surface area (TPSA) is 35.5 Å². The summed E-state index contributed by atoms with van der Waals surface area (Å²) in [6.07, 6.45) is -0.183. The van der Waals surface area contributed by atoms with Crippen molar-refractivity contribution in [3.8, 4) is 5.75 Å². The van der Waals surface area contributed by atoms with Crippen molar-refractivity contribution >= 4 is 40.8 Å². The smallest absolute Gasteiger partial charge is 0.340 e. The number of carbonyl (C=O) groups excluding carboxylic acids is 1. The van der Waals surface area contributed by atoms with E-state index in [1.807, 2.05) is 6.07 Å². The molecule has 6 heteroatoms. The molecule has 0 fully saturated rings. The molecule has 0 spiro atoms. The minimum atomic E-state index is -0.666. The summed E-state index contributed by atoms with van der Waals surface area (Å²) in [5.41, 5.74) is 1.66. The maximum atomic E-state index is 11.9. The first kappa shape index (κ1) is 18.1. The van der Waals surface area contributed by atoms with E-state index in [9.17, 15) is 4.79 Å². The summed E-state index contributed by atoms with van der Waals surface area (Å²) in [6.45, 7) is 1.61. The summed E-state index contributed by atoms with van der Waals surface area (Å²) >= 11 is 18.1. The van der Waals surface area contributed by atoms with Crippen LogP contribution in [0.25, 0.3) is 0 Å². The van der Waals surface area contributed by atoms with Gasteiger partial charge in [0.2, 0.25) is 0 Å². The summed E-state index contributed by atoms with van der Waals surface area (Å²) in [4.78, 5) is 11.9. The zero-order valence-corrected chi connectivity index (χ0v) is 14.9. The molecule has 0 heterocycles. The number of hydrogen-bond acceptors (Lipinski definition) is 3. The summed E-state index contributed by atoms with van der Waals surface area (Å²) in [5, 5.41) is 1.59. The number of methoxy groups -OCH3 is 1. The molecule has 0 aromatic heterocycles. The Balaban J connectivity index is 2.29. The molecular formula is C17H15Cl3O3. The maximum Gasteiger partial charge on any atom is 0.340 e. The van der Waals surface area contributed by atoms with Gasteiger partial charge in [-0.3, -0.25) is 0 Å². The van der Waals surface area contributed by atoms with Gasteiger partial charge in [-0.2, -0.15) is 0 Å². The average Bonchev–Trinajstić information content (AvgIpc) is 2.51. The van der Waals surface area contributed by atoms with E-state index in [2.05, 4.69) is 0 Å². The van der Waals surface area contributed by atoms with Crippen molar-refractivity contribution in [2.24, 2.45) is 0 Å². The van der Waals surface area contributed by atoms with E-state index in [0.29, 0.717) is 27.2 Å². The Kier molecular flexibility index (Phi) is 6.31. The van der Waals surface area contributed by atoms with Gasteiger partial charge in [-0.05, 0) is 42.3 Å². The van der Waals surface area contributed by atoms with Gasteiger partial charge in [-0.15, -0.1) is 0 Å². The highest BCUT2D eigenvalue weighted by Crippen LogP contribution is 2.29. The van der Waals surface area contributed by atoms with E-state index < -0.39 is 12.1 Å². The molecule has 122 valence electrons. The van der Waals surface area contributed by atoms with Crippen LogP contribution in [-0.2, 0) is 16.0 Å². The predicted octanol–water partition coefficient (Wildman–Crippen LogP) is 5.18. The molecule has 2 rings (SSSR count). The number of benzene rings is 2. The molecule has 2 aromatic rings. The molecule has 23 heavy (non-hydrogen) atoms. The van der Waals surface area contributed by atoms with Crippen molar-refractivity contribution in [3.05, 3.63) is 62.6 Å². The van der Waals surface area contributed by atoms with Crippen molar-refractivity contribution in [1.82, 2.24) is 0 Å². The van der Waals surface area contributed by atoms with Crippen molar-refractivity contribution in [3.63, 3.8) is 0 Å². The van der Waals surface area contributed by atoms with Crippen LogP contribution in [0.5, 0.6) is 5.75 Å². The first-order chi connectivity index (χ1) is 10.9. The molecule has 3 nitrogen and oxygen atoms in total. The Morgan fingerprint density at radius 1 is 1.04 bits per heavy atom. The highest BCUT2D eigenvalue weighted by atomic mass is 35.5. The lowest BCUT2D eigenvalue weighted by Crippen LogP contribution is -2.24. The summed E-state index contributed by atoms with van der Waals surface area (Å²) in [5.74, 6) is -0.101. The minimum Gasteiger partial charge on any atom is -0.424 e.